The van der Waals surface area contributed by atoms with Crippen molar-refractivity contribution in [1.29, 1.82) is 0 Å². The molecule has 0 spiro atoms. The first-order valence-electron chi connectivity index (χ1n) is 7.90. The van der Waals surface area contributed by atoms with Crippen LogP contribution in [0.1, 0.15) is 22.8 Å². The number of anilines is 1. The Morgan fingerprint density at radius 1 is 1.12 bits per heavy atom. The molecule has 5 nitrogen and oxygen atoms in total. The molecule has 0 radical (unpaired) electrons. The molecule has 2 aromatic rings. The number of esters is 1. The molecule has 0 saturated carbocycles. The SMILES string of the molecule is CCOc1ccccc1NC(=O)CSCc1cccc(C(=O)OC)c1. The van der Waals surface area contributed by atoms with Gasteiger partial charge in [0.05, 0.1) is 30.7 Å². The number of carbonyl (C=O) groups is 2. The van der Waals surface area contributed by atoms with Gasteiger partial charge in [-0.25, -0.2) is 4.79 Å². The van der Waals surface area contributed by atoms with Crippen molar-refractivity contribution in [3.63, 3.8) is 0 Å². The highest BCUT2D eigenvalue weighted by Crippen LogP contribution is 2.24. The maximum Gasteiger partial charge on any atom is 0.337 e. The molecule has 0 aliphatic rings. The first-order valence-corrected chi connectivity index (χ1v) is 9.06. The van der Waals surface area contributed by atoms with E-state index in [0.29, 0.717) is 35.1 Å². The number of amides is 1. The Bertz CT molecular complexity index is 733. The average molecular weight is 359 g/mol. The summed E-state index contributed by atoms with van der Waals surface area (Å²) in [6.45, 7) is 2.44. The van der Waals surface area contributed by atoms with Crippen LogP contribution < -0.4 is 10.1 Å². The van der Waals surface area contributed by atoms with Crippen molar-refractivity contribution in [2.75, 3.05) is 24.8 Å². The number of thioether (sulfide) groups is 1. The van der Waals surface area contributed by atoms with Gasteiger partial charge in [-0.1, -0.05) is 24.3 Å². The van der Waals surface area contributed by atoms with Gasteiger partial charge in [0.25, 0.3) is 0 Å². The van der Waals surface area contributed by atoms with Gasteiger partial charge in [0, 0.05) is 5.75 Å². The minimum Gasteiger partial charge on any atom is -0.492 e. The van der Waals surface area contributed by atoms with E-state index in [0.717, 1.165) is 5.56 Å². The predicted octanol–water partition coefficient (Wildman–Crippen LogP) is 3.74. The molecule has 132 valence electrons. The van der Waals surface area contributed by atoms with E-state index >= 15 is 0 Å². The van der Waals surface area contributed by atoms with Crippen LogP contribution in [0.4, 0.5) is 5.69 Å². The van der Waals surface area contributed by atoms with Crippen molar-refractivity contribution in [1.82, 2.24) is 0 Å². The van der Waals surface area contributed by atoms with Gasteiger partial charge in [-0.2, -0.15) is 0 Å². The Kier molecular flexibility index (Phi) is 7.35. The van der Waals surface area contributed by atoms with Crippen molar-refractivity contribution in [2.45, 2.75) is 12.7 Å². The zero-order chi connectivity index (χ0) is 18.1. The van der Waals surface area contributed by atoms with Crippen LogP contribution in [0.2, 0.25) is 0 Å². The summed E-state index contributed by atoms with van der Waals surface area (Å²) in [6.07, 6.45) is 0. The van der Waals surface area contributed by atoms with Gasteiger partial charge >= 0.3 is 5.97 Å². The van der Waals surface area contributed by atoms with Crippen LogP contribution >= 0.6 is 11.8 Å². The minimum absolute atomic E-state index is 0.0960. The maximum atomic E-state index is 12.1. The summed E-state index contributed by atoms with van der Waals surface area (Å²) in [5.74, 6) is 1.14. The molecular weight excluding hydrogens is 338 g/mol. The van der Waals surface area contributed by atoms with Crippen LogP contribution in [-0.4, -0.2) is 31.3 Å². The molecule has 1 N–H and O–H groups in total. The fraction of sp³-hybridized carbons (Fsp3) is 0.263. The van der Waals surface area contributed by atoms with Crippen LogP contribution in [0.3, 0.4) is 0 Å². The lowest BCUT2D eigenvalue weighted by molar-refractivity contribution is -0.113. The normalized spacial score (nSPS) is 10.2. The third-order valence-electron chi connectivity index (χ3n) is 3.31. The van der Waals surface area contributed by atoms with Crippen molar-refractivity contribution >= 4 is 29.3 Å². The van der Waals surface area contributed by atoms with Crippen LogP contribution in [0.25, 0.3) is 0 Å². The molecule has 1 amide bonds. The molecule has 0 saturated heterocycles. The largest absolute Gasteiger partial charge is 0.492 e. The fourth-order valence-corrected chi connectivity index (χ4v) is 2.98. The molecule has 2 rings (SSSR count). The van der Waals surface area contributed by atoms with Crippen LogP contribution in [0, 0.1) is 0 Å². The molecule has 0 fully saturated rings. The number of hydrogen-bond acceptors (Lipinski definition) is 5. The summed E-state index contributed by atoms with van der Waals surface area (Å²) in [5.41, 5.74) is 2.15. The summed E-state index contributed by atoms with van der Waals surface area (Å²) in [7, 11) is 1.36. The molecule has 0 bridgehead atoms. The van der Waals surface area contributed by atoms with Gasteiger partial charge in [0.1, 0.15) is 5.75 Å². The summed E-state index contributed by atoms with van der Waals surface area (Å²) in [4.78, 5) is 23.7. The van der Waals surface area contributed by atoms with Crippen LogP contribution in [-0.2, 0) is 15.3 Å². The molecule has 0 aromatic heterocycles. The number of carbonyl (C=O) groups excluding carboxylic acids is 2. The second-order valence-electron chi connectivity index (χ2n) is 5.16. The third kappa shape index (κ3) is 5.83. The molecule has 0 atom stereocenters. The number of hydrogen-bond donors (Lipinski definition) is 1. The standard InChI is InChI=1S/C19H21NO4S/c1-3-24-17-10-5-4-9-16(17)20-18(21)13-25-12-14-7-6-8-15(11-14)19(22)23-2/h4-11H,3,12-13H2,1-2H3,(H,20,21). The summed E-state index contributed by atoms with van der Waals surface area (Å²) >= 11 is 1.48. The van der Waals surface area contributed by atoms with Gasteiger partial charge in [0.15, 0.2) is 0 Å². The number of para-hydroxylation sites is 2. The van der Waals surface area contributed by atoms with E-state index in [1.165, 1.54) is 18.9 Å². The number of ether oxygens (including phenoxy) is 2. The molecule has 6 heteroatoms. The van der Waals surface area contributed by atoms with Gasteiger partial charge in [-0.3, -0.25) is 4.79 Å². The van der Waals surface area contributed by atoms with Gasteiger partial charge in [-0.05, 0) is 36.8 Å². The lowest BCUT2D eigenvalue weighted by Gasteiger charge is -2.11. The highest BCUT2D eigenvalue weighted by molar-refractivity contribution is 7.99. The number of methoxy groups -OCH3 is 1. The first-order chi connectivity index (χ1) is 12.1. The number of rotatable bonds is 8. The lowest BCUT2D eigenvalue weighted by Crippen LogP contribution is -2.15. The van der Waals surface area contributed by atoms with Crippen molar-refractivity contribution < 1.29 is 19.1 Å². The van der Waals surface area contributed by atoms with E-state index in [4.69, 9.17) is 9.47 Å². The predicted molar refractivity (Wildman–Crippen MR) is 100 cm³/mol. The van der Waals surface area contributed by atoms with Crippen molar-refractivity contribution in [3.05, 3.63) is 59.7 Å². The van der Waals surface area contributed by atoms with E-state index < -0.39 is 0 Å². The number of nitrogens with one attached hydrogen (secondary N) is 1. The lowest BCUT2D eigenvalue weighted by atomic mass is 10.1. The zero-order valence-corrected chi connectivity index (χ0v) is 15.1. The second kappa shape index (κ2) is 9.74. The van der Waals surface area contributed by atoms with Crippen molar-refractivity contribution in [3.8, 4) is 5.75 Å². The Labute approximate surface area is 151 Å². The minimum atomic E-state index is -0.364. The molecule has 2 aromatic carbocycles. The first kappa shape index (κ1) is 18.9. The molecular formula is C19H21NO4S. The molecule has 0 aliphatic carbocycles. The molecule has 0 heterocycles. The van der Waals surface area contributed by atoms with Gasteiger partial charge < -0.3 is 14.8 Å². The average Bonchev–Trinajstić information content (AvgIpc) is 2.63. The topological polar surface area (TPSA) is 64.6 Å². The summed E-state index contributed by atoms with van der Waals surface area (Å²) in [6, 6.07) is 14.6. The molecule has 0 unspecified atom stereocenters. The Morgan fingerprint density at radius 3 is 2.68 bits per heavy atom. The Morgan fingerprint density at radius 2 is 1.92 bits per heavy atom. The highest BCUT2D eigenvalue weighted by atomic mass is 32.2. The quantitative estimate of drug-likeness (QED) is 0.727. The van der Waals surface area contributed by atoms with Crippen molar-refractivity contribution in [2.24, 2.45) is 0 Å². The van der Waals surface area contributed by atoms with Gasteiger partial charge in [-0.15, -0.1) is 11.8 Å². The van der Waals surface area contributed by atoms with E-state index in [1.807, 2.05) is 37.3 Å². The summed E-state index contributed by atoms with van der Waals surface area (Å²) < 4.78 is 10.2. The maximum absolute atomic E-state index is 12.1. The van der Waals surface area contributed by atoms with E-state index in [9.17, 15) is 9.59 Å². The monoisotopic (exact) mass is 359 g/mol. The Hall–Kier alpha value is -2.47. The third-order valence-corrected chi connectivity index (χ3v) is 4.31. The highest BCUT2D eigenvalue weighted by Gasteiger charge is 2.09. The fourth-order valence-electron chi connectivity index (χ4n) is 2.21. The second-order valence-corrected chi connectivity index (χ2v) is 6.15. The van der Waals surface area contributed by atoms with Gasteiger partial charge in [0.2, 0.25) is 5.91 Å². The van der Waals surface area contributed by atoms with E-state index in [1.54, 1.807) is 18.2 Å². The smallest absolute Gasteiger partial charge is 0.337 e. The zero-order valence-electron chi connectivity index (χ0n) is 14.3. The molecule has 0 aliphatic heterocycles. The van der Waals surface area contributed by atoms with E-state index in [-0.39, 0.29) is 11.9 Å². The molecule has 25 heavy (non-hydrogen) atoms. The Balaban J connectivity index is 1.86. The van der Waals surface area contributed by atoms with Crippen LogP contribution in [0.5, 0.6) is 5.75 Å². The summed E-state index contributed by atoms with van der Waals surface area (Å²) in [5, 5.41) is 2.86. The number of benzene rings is 2. The van der Waals surface area contributed by atoms with E-state index in [2.05, 4.69) is 5.32 Å². The van der Waals surface area contributed by atoms with Crippen LogP contribution in [0.15, 0.2) is 48.5 Å².